The normalized spacial score (nSPS) is 12.2. The smallest absolute Gasteiger partial charge is 0.180 e. The van der Waals surface area contributed by atoms with Gasteiger partial charge < -0.3 is 4.55 Å². The van der Waals surface area contributed by atoms with Gasteiger partial charge in [0.05, 0.1) is 0 Å². The Morgan fingerprint density at radius 1 is 1.50 bits per heavy atom. The van der Waals surface area contributed by atoms with E-state index in [0.717, 1.165) is 0 Å². The lowest BCUT2D eigenvalue weighted by molar-refractivity contribution is 0.539. The molecule has 8 heavy (non-hydrogen) atoms. The summed E-state index contributed by atoms with van der Waals surface area (Å²) in [7, 11) is 0. The van der Waals surface area contributed by atoms with E-state index in [1.807, 2.05) is 0 Å². The number of rotatable bonds is 0. The molecule has 0 aromatic heterocycles. The van der Waals surface area contributed by atoms with Gasteiger partial charge in [0.2, 0.25) is 0 Å². The molecule has 0 aliphatic heterocycles. The van der Waals surface area contributed by atoms with Crippen LogP contribution >= 0.6 is 34.8 Å². The highest BCUT2D eigenvalue weighted by atomic mass is 35.6. The van der Waals surface area contributed by atoms with Crippen molar-refractivity contribution in [3.05, 3.63) is 0 Å². The van der Waals surface area contributed by atoms with Gasteiger partial charge in [-0.3, -0.25) is 9.35 Å². The molecule has 0 amide bonds. The van der Waals surface area contributed by atoms with Gasteiger partial charge in [0.1, 0.15) is 0 Å². The van der Waals surface area contributed by atoms with E-state index in [4.69, 9.17) is 43.6 Å². The summed E-state index contributed by atoms with van der Waals surface area (Å²) < 4.78 is 16.8. The first kappa shape index (κ1) is 11.7. The van der Waals surface area contributed by atoms with E-state index in [1.54, 1.807) is 0 Å². The first-order valence-electron chi connectivity index (χ1n) is 1.22. The Kier molecular flexibility index (Phi) is 11.6. The van der Waals surface area contributed by atoms with Crippen LogP contribution in [0.3, 0.4) is 0 Å². The predicted octanol–water partition coefficient (Wildman–Crippen LogP) is 0.726. The third-order valence-corrected chi connectivity index (χ3v) is 0. The lowest BCUT2D eigenvalue weighted by atomic mass is 11.9. The van der Waals surface area contributed by atoms with E-state index in [1.165, 1.54) is 0 Å². The van der Waals surface area contributed by atoms with E-state index in [-0.39, 0.29) is 0 Å². The monoisotopic (exact) mass is 198 g/mol. The first-order valence-corrected chi connectivity index (χ1v) is 3.67. The highest BCUT2D eigenvalue weighted by molar-refractivity contribution is 7.76. The van der Waals surface area contributed by atoms with Crippen LogP contribution in [-0.2, 0) is 11.3 Å². The fourth-order valence-electron chi connectivity index (χ4n) is 0. The van der Waals surface area contributed by atoms with Gasteiger partial charge in [-0.1, -0.05) is 34.8 Å². The van der Waals surface area contributed by atoms with Crippen molar-refractivity contribution in [2.45, 2.75) is 4.30 Å². The Hall–Kier alpha value is 0.940. The van der Waals surface area contributed by atoms with Crippen molar-refractivity contribution in [3.63, 3.8) is 0 Å². The molecule has 0 spiro atoms. The largest absolute Gasteiger partial charge is 0.760 e. The standard InChI is InChI=1S/CHCl3.H3NO2S/c2-1(3)4;1-4(2)3/h1H;1H2,(H,2,3)/p-1. The zero-order valence-corrected chi connectivity index (χ0v) is 6.60. The van der Waals surface area contributed by atoms with Gasteiger partial charge in [0.15, 0.2) is 4.30 Å². The topological polar surface area (TPSA) is 66.2 Å². The van der Waals surface area contributed by atoms with Gasteiger partial charge in [0.25, 0.3) is 0 Å². The SMILES string of the molecule is ClC(Cl)Cl.NS(=O)[O-]. The van der Waals surface area contributed by atoms with Crippen molar-refractivity contribution in [2.24, 2.45) is 5.14 Å². The second-order valence-corrected chi connectivity index (χ2v) is 3.01. The summed E-state index contributed by atoms with van der Waals surface area (Å²) >= 11 is 12.1. The summed E-state index contributed by atoms with van der Waals surface area (Å²) in [5, 5.41) is 4.03. The maximum Gasteiger partial charge on any atom is 0.180 e. The Labute approximate surface area is 64.5 Å². The molecule has 1 atom stereocenters. The Balaban J connectivity index is 0. The molecular weight excluding hydrogens is 196 g/mol. The van der Waals surface area contributed by atoms with Crippen LogP contribution in [-0.4, -0.2) is 13.1 Å². The van der Waals surface area contributed by atoms with Crippen molar-refractivity contribution < 1.29 is 8.76 Å². The van der Waals surface area contributed by atoms with Gasteiger partial charge >= 0.3 is 0 Å². The molecule has 0 heterocycles. The second-order valence-electron chi connectivity index (χ2n) is 0.508. The summed E-state index contributed by atoms with van der Waals surface area (Å²) in [6, 6.07) is 0. The molecule has 0 bridgehead atoms. The summed E-state index contributed by atoms with van der Waals surface area (Å²) in [4.78, 5) is 0. The van der Waals surface area contributed by atoms with Crippen LogP contribution in [0, 0.1) is 0 Å². The molecule has 52 valence electrons. The van der Waals surface area contributed by atoms with E-state index in [0.29, 0.717) is 0 Å². The van der Waals surface area contributed by atoms with Crippen molar-refractivity contribution in [1.29, 1.82) is 0 Å². The molecule has 0 saturated heterocycles. The Morgan fingerprint density at radius 3 is 1.50 bits per heavy atom. The van der Waals surface area contributed by atoms with Crippen LogP contribution in [0.25, 0.3) is 0 Å². The minimum atomic E-state index is -2.36. The van der Waals surface area contributed by atoms with Crippen molar-refractivity contribution in [2.75, 3.05) is 0 Å². The molecule has 0 aromatic rings. The summed E-state index contributed by atoms with van der Waals surface area (Å²) in [6.45, 7) is 0. The van der Waals surface area contributed by atoms with Crippen molar-refractivity contribution in [3.8, 4) is 0 Å². The number of nitrogens with two attached hydrogens (primary N) is 1. The molecule has 7 heteroatoms. The molecule has 2 N–H and O–H groups in total. The molecule has 0 saturated carbocycles. The van der Waals surface area contributed by atoms with Crippen LogP contribution in [0.2, 0.25) is 0 Å². The number of alkyl halides is 3. The van der Waals surface area contributed by atoms with Gasteiger partial charge in [0, 0.05) is 11.3 Å². The molecule has 0 aliphatic carbocycles. The quantitative estimate of drug-likeness (QED) is 0.462. The number of hydrogen-bond donors (Lipinski definition) is 1. The van der Waals surface area contributed by atoms with Crippen LogP contribution in [0.4, 0.5) is 0 Å². The van der Waals surface area contributed by atoms with E-state index in [2.05, 4.69) is 5.14 Å². The van der Waals surface area contributed by atoms with Crippen molar-refractivity contribution in [1.82, 2.24) is 0 Å². The van der Waals surface area contributed by atoms with E-state index in [9.17, 15) is 0 Å². The number of hydrogen-bond acceptors (Lipinski definition) is 2. The van der Waals surface area contributed by atoms with E-state index >= 15 is 0 Å². The lowest BCUT2D eigenvalue weighted by Gasteiger charge is -1.85. The van der Waals surface area contributed by atoms with Gasteiger partial charge in [-0.15, -0.1) is 0 Å². The lowest BCUT2D eigenvalue weighted by Crippen LogP contribution is -1.97. The van der Waals surface area contributed by atoms with Gasteiger partial charge in [-0.05, 0) is 0 Å². The van der Waals surface area contributed by atoms with Crippen LogP contribution < -0.4 is 5.14 Å². The molecule has 0 radical (unpaired) electrons. The minimum Gasteiger partial charge on any atom is -0.760 e. The first-order chi connectivity index (χ1) is 3.46. The zero-order chi connectivity index (χ0) is 7.15. The minimum absolute atomic E-state index is 0.750. The third-order valence-electron chi connectivity index (χ3n) is 0. The summed E-state index contributed by atoms with van der Waals surface area (Å²) in [5.74, 6) is 0. The highest BCUT2D eigenvalue weighted by Crippen LogP contribution is 2.03. The fourth-order valence-corrected chi connectivity index (χ4v) is 0. The Morgan fingerprint density at radius 2 is 1.50 bits per heavy atom. The second kappa shape index (κ2) is 7.94. The predicted molar refractivity (Wildman–Crippen MR) is 34.5 cm³/mol. The molecular formula is CH3Cl3NO2S-. The average Bonchev–Trinajstić information content (AvgIpc) is 1.25. The average molecular weight is 199 g/mol. The fraction of sp³-hybridized carbons (Fsp3) is 1.00. The van der Waals surface area contributed by atoms with Gasteiger partial charge in [-0.25, -0.2) is 0 Å². The maximum atomic E-state index is 8.78. The number of halogens is 3. The molecule has 1 unspecified atom stereocenters. The molecule has 0 aliphatic rings. The summed E-state index contributed by atoms with van der Waals surface area (Å²) in [5.41, 5.74) is 0. The van der Waals surface area contributed by atoms with E-state index < -0.39 is 15.6 Å². The van der Waals surface area contributed by atoms with Gasteiger partial charge in [-0.2, -0.15) is 0 Å². The third kappa shape index (κ3) is 277. The highest BCUT2D eigenvalue weighted by Gasteiger charge is 1.78. The van der Waals surface area contributed by atoms with Crippen LogP contribution in [0.5, 0.6) is 0 Å². The van der Waals surface area contributed by atoms with Crippen LogP contribution in [0.15, 0.2) is 0 Å². The Bertz CT molecular complexity index is 61.5. The molecule has 0 rings (SSSR count). The maximum absolute atomic E-state index is 8.78. The molecule has 0 fully saturated rings. The summed E-state index contributed by atoms with van der Waals surface area (Å²) in [6.07, 6.45) is 0. The van der Waals surface area contributed by atoms with Crippen molar-refractivity contribution >= 4 is 46.1 Å². The van der Waals surface area contributed by atoms with Crippen LogP contribution in [0.1, 0.15) is 0 Å². The molecule has 0 aromatic carbocycles. The molecule has 3 nitrogen and oxygen atoms in total. The zero-order valence-electron chi connectivity index (χ0n) is 3.51.